The third kappa shape index (κ3) is 2.37. The number of carbonyl (C=O) groups is 2. The van der Waals surface area contributed by atoms with Crippen LogP contribution in [0.1, 0.15) is 23.2 Å². The zero-order valence-corrected chi connectivity index (χ0v) is 11.7. The number of amides is 1. The number of halogens is 2. The molecule has 1 amide bonds. The highest BCUT2D eigenvalue weighted by Gasteiger charge is 2.35. The average Bonchev–Trinajstić information content (AvgIpc) is 2.81. The van der Waals surface area contributed by atoms with Gasteiger partial charge in [-0.1, -0.05) is 17.7 Å². The lowest BCUT2D eigenvalue weighted by Gasteiger charge is -2.22. The third-order valence-corrected chi connectivity index (χ3v) is 4.28. The molecular weight excluding hydrogens is 321 g/mol. The number of likely N-dealkylation sites (tertiary alicyclic amines) is 1. The Hall–Kier alpha value is -1.07. The van der Waals surface area contributed by atoms with Gasteiger partial charge in [-0.3, -0.25) is 4.79 Å². The van der Waals surface area contributed by atoms with Crippen LogP contribution in [0.3, 0.4) is 0 Å². The van der Waals surface area contributed by atoms with E-state index in [1.165, 1.54) is 4.90 Å². The van der Waals surface area contributed by atoms with Gasteiger partial charge in [0, 0.05) is 11.0 Å². The van der Waals surface area contributed by atoms with Gasteiger partial charge < -0.3 is 10.0 Å². The molecule has 0 aromatic heterocycles. The average molecular weight is 333 g/mol. The van der Waals surface area contributed by atoms with Crippen LogP contribution in [-0.4, -0.2) is 34.5 Å². The van der Waals surface area contributed by atoms with Crippen LogP contribution in [0, 0.1) is 0 Å². The molecule has 6 heteroatoms. The lowest BCUT2D eigenvalue weighted by Crippen LogP contribution is -2.40. The van der Waals surface area contributed by atoms with E-state index < -0.39 is 12.0 Å². The second kappa shape index (κ2) is 5.28. The minimum atomic E-state index is -0.966. The van der Waals surface area contributed by atoms with Crippen molar-refractivity contribution in [3.05, 3.63) is 33.3 Å². The Morgan fingerprint density at radius 1 is 1.44 bits per heavy atom. The van der Waals surface area contributed by atoms with Gasteiger partial charge in [0.2, 0.25) is 0 Å². The van der Waals surface area contributed by atoms with E-state index in [0.29, 0.717) is 34.4 Å². The van der Waals surface area contributed by atoms with Gasteiger partial charge in [-0.15, -0.1) is 0 Å². The van der Waals surface area contributed by atoms with Crippen LogP contribution in [0.2, 0.25) is 5.02 Å². The minimum Gasteiger partial charge on any atom is -0.480 e. The van der Waals surface area contributed by atoms with Crippen molar-refractivity contribution in [1.82, 2.24) is 4.90 Å². The summed E-state index contributed by atoms with van der Waals surface area (Å²) in [5.74, 6) is -1.29. The normalized spacial score (nSPS) is 19.0. The zero-order chi connectivity index (χ0) is 13.3. The summed E-state index contributed by atoms with van der Waals surface area (Å²) in [5, 5.41) is 9.39. The Labute approximate surface area is 118 Å². The summed E-state index contributed by atoms with van der Waals surface area (Å²) in [4.78, 5) is 24.7. The number of carboxylic acid groups (broad SMARTS) is 1. The largest absolute Gasteiger partial charge is 0.480 e. The van der Waals surface area contributed by atoms with Gasteiger partial charge in [0.05, 0.1) is 10.6 Å². The van der Waals surface area contributed by atoms with Crippen molar-refractivity contribution in [2.75, 3.05) is 6.54 Å². The Morgan fingerprint density at radius 2 is 2.17 bits per heavy atom. The molecule has 4 nitrogen and oxygen atoms in total. The van der Waals surface area contributed by atoms with E-state index in [-0.39, 0.29) is 5.91 Å². The number of nitrogens with zero attached hydrogens (tertiary/aromatic N) is 1. The van der Waals surface area contributed by atoms with Crippen molar-refractivity contribution in [3.8, 4) is 0 Å². The van der Waals surface area contributed by atoms with E-state index in [2.05, 4.69) is 15.9 Å². The highest BCUT2D eigenvalue weighted by atomic mass is 79.9. The van der Waals surface area contributed by atoms with E-state index in [4.69, 9.17) is 16.7 Å². The molecule has 1 aromatic rings. The molecule has 1 aliphatic rings. The lowest BCUT2D eigenvalue weighted by atomic mass is 10.1. The maximum absolute atomic E-state index is 12.3. The molecular formula is C12H11BrClNO3. The summed E-state index contributed by atoms with van der Waals surface area (Å²) in [7, 11) is 0. The van der Waals surface area contributed by atoms with Gasteiger partial charge in [-0.25, -0.2) is 4.79 Å². The Bertz CT molecular complexity index is 506. The van der Waals surface area contributed by atoms with E-state index in [1.807, 2.05) is 0 Å². The summed E-state index contributed by atoms with van der Waals surface area (Å²) >= 11 is 9.30. The van der Waals surface area contributed by atoms with Gasteiger partial charge in [-0.05, 0) is 40.9 Å². The van der Waals surface area contributed by atoms with Crippen LogP contribution in [0.15, 0.2) is 22.7 Å². The molecule has 0 saturated carbocycles. The monoisotopic (exact) mass is 331 g/mol. The maximum atomic E-state index is 12.3. The second-order valence-corrected chi connectivity index (χ2v) is 5.33. The number of benzene rings is 1. The smallest absolute Gasteiger partial charge is 0.326 e. The summed E-state index contributed by atoms with van der Waals surface area (Å²) in [6.07, 6.45) is 1.20. The topological polar surface area (TPSA) is 57.6 Å². The highest BCUT2D eigenvalue weighted by Crippen LogP contribution is 2.29. The van der Waals surface area contributed by atoms with Crippen LogP contribution >= 0.6 is 27.5 Å². The van der Waals surface area contributed by atoms with Crippen LogP contribution in [0.4, 0.5) is 0 Å². The Morgan fingerprint density at radius 3 is 2.83 bits per heavy atom. The van der Waals surface area contributed by atoms with Crippen LogP contribution in [0.5, 0.6) is 0 Å². The van der Waals surface area contributed by atoms with Crippen molar-refractivity contribution < 1.29 is 14.7 Å². The van der Waals surface area contributed by atoms with E-state index in [1.54, 1.807) is 18.2 Å². The number of aliphatic carboxylic acids is 1. The predicted octanol–water partition coefficient (Wildman–Crippen LogP) is 2.79. The van der Waals surface area contributed by atoms with Crippen molar-refractivity contribution in [3.63, 3.8) is 0 Å². The number of carbonyl (C=O) groups excluding carboxylic acids is 1. The molecule has 1 heterocycles. The van der Waals surface area contributed by atoms with Gasteiger partial charge >= 0.3 is 5.97 Å². The first kappa shape index (κ1) is 13.4. The van der Waals surface area contributed by atoms with Crippen molar-refractivity contribution in [1.29, 1.82) is 0 Å². The predicted molar refractivity (Wildman–Crippen MR) is 70.8 cm³/mol. The third-order valence-electron chi connectivity index (χ3n) is 2.98. The van der Waals surface area contributed by atoms with Crippen molar-refractivity contribution >= 4 is 39.4 Å². The molecule has 1 aromatic carbocycles. The standard InChI is InChI=1S/C12H11BrClNO3/c13-8-4-1-3-7(10(8)14)11(16)15-6-2-5-9(15)12(17)18/h1,3-4,9H,2,5-6H2,(H,17,18)/t9-/m0/s1. The van der Waals surface area contributed by atoms with Gasteiger partial charge in [0.15, 0.2) is 0 Å². The molecule has 0 radical (unpaired) electrons. The fourth-order valence-electron chi connectivity index (χ4n) is 2.09. The minimum absolute atomic E-state index is 0.318. The first-order valence-corrected chi connectivity index (χ1v) is 6.67. The van der Waals surface area contributed by atoms with Crippen molar-refractivity contribution in [2.45, 2.75) is 18.9 Å². The molecule has 1 fully saturated rings. The highest BCUT2D eigenvalue weighted by molar-refractivity contribution is 9.10. The number of rotatable bonds is 2. The van der Waals surface area contributed by atoms with Crippen molar-refractivity contribution in [2.24, 2.45) is 0 Å². The van der Waals surface area contributed by atoms with Crippen LogP contribution < -0.4 is 0 Å². The molecule has 1 aliphatic heterocycles. The Balaban J connectivity index is 2.31. The molecule has 0 aliphatic carbocycles. The summed E-state index contributed by atoms with van der Waals surface area (Å²) in [6.45, 7) is 0.457. The second-order valence-electron chi connectivity index (χ2n) is 4.10. The van der Waals surface area contributed by atoms with E-state index in [9.17, 15) is 9.59 Å². The number of hydrogen-bond donors (Lipinski definition) is 1. The number of hydrogen-bond acceptors (Lipinski definition) is 2. The Kier molecular flexibility index (Phi) is 3.92. The first-order chi connectivity index (χ1) is 8.52. The van der Waals surface area contributed by atoms with Gasteiger partial charge in [0.1, 0.15) is 6.04 Å². The fourth-order valence-corrected chi connectivity index (χ4v) is 2.66. The van der Waals surface area contributed by atoms with E-state index in [0.717, 1.165) is 0 Å². The summed E-state index contributed by atoms with van der Waals surface area (Å²) in [5.41, 5.74) is 0.333. The van der Waals surface area contributed by atoms with Crippen LogP contribution in [0.25, 0.3) is 0 Å². The molecule has 0 bridgehead atoms. The molecule has 1 saturated heterocycles. The fraction of sp³-hybridized carbons (Fsp3) is 0.333. The molecule has 0 spiro atoms. The molecule has 1 atom stereocenters. The lowest BCUT2D eigenvalue weighted by molar-refractivity contribution is -0.141. The zero-order valence-electron chi connectivity index (χ0n) is 9.40. The maximum Gasteiger partial charge on any atom is 0.326 e. The number of carboxylic acids is 1. The molecule has 1 N–H and O–H groups in total. The summed E-state index contributed by atoms with van der Waals surface area (Å²) < 4.78 is 0.626. The van der Waals surface area contributed by atoms with E-state index >= 15 is 0 Å². The first-order valence-electron chi connectivity index (χ1n) is 5.50. The molecule has 18 heavy (non-hydrogen) atoms. The van der Waals surface area contributed by atoms with Crippen LogP contribution in [-0.2, 0) is 4.79 Å². The SMILES string of the molecule is O=C(O)[C@@H]1CCCN1C(=O)c1cccc(Br)c1Cl. The summed E-state index contributed by atoms with van der Waals surface area (Å²) in [6, 6.07) is 4.30. The van der Waals surface area contributed by atoms with Gasteiger partial charge in [-0.2, -0.15) is 0 Å². The molecule has 2 rings (SSSR count). The molecule has 0 unspecified atom stereocenters. The quantitative estimate of drug-likeness (QED) is 0.906. The molecule has 96 valence electrons. The van der Waals surface area contributed by atoms with Gasteiger partial charge in [0.25, 0.3) is 5.91 Å².